The third kappa shape index (κ3) is 10.6. The summed E-state index contributed by atoms with van der Waals surface area (Å²) in [6.45, 7) is 3.26. The number of esters is 1. The third-order valence-corrected chi connectivity index (χ3v) is 8.12. The number of carboxylic acid groups (broad SMARTS) is 2. The standard InChI is InChI=1S/C33H39F2N3O10/c1-16(2)28(30(42)36-24-12-20(31(43)44)11-21(13-24)32(45)46)38-27(40)15-26(39)25(9-17-7-22(34)14-23(35)8-17)37-29(41)18-5-4-6-19(10-18)33(47)48-3/h4-8,10,14,16,20-21,24-26,28,39H,9,11-13,15H2,1-3H3,(H,36,42)(H,37,41)(H,38,40)(H,43,44)(H,45,46)/t20?,21?,24?,25-,26-,28-/m0/s1. The number of carbonyl (C=O) groups is 6. The molecule has 15 heteroatoms. The molecule has 0 heterocycles. The summed E-state index contributed by atoms with van der Waals surface area (Å²) in [5, 5.41) is 37.7. The molecule has 2 aromatic rings. The lowest BCUT2D eigenvalue weighted by molar-refractivity contribution is -0.149. The number of ether oxygens (including phenoxy) is 1. The van der Waals surface area contributed by atoms with Crippen LogP contribution in [-0.4, -0.2) is 82.3 Å². The second-order valence-corrected chi connectivity index (χ2v) is 12.2. The van der Waals surface area contributed by atoms with Gasteiger partial charge in [-0.25, -0.2) is 13.6 Å². The Bertz CT molecular complexity index is 1490. The van der Waals surface area contributed by atoms with Gasteiger partial charge in [0.2, 0.25) is 11.8 Å². The number of rotatable bonds is 14. The summed E-state index contributed by atoms with van der Waals surface area (Å²) in [6.07, 6.45) is -2.66. The topological polar surface area (TPSA) is 208 Å². The van der Waals surface area contributed by atoms with Crippen LogP contribution in [0.5, 0.6) is 0 Å². The van der Waals surface area contributed by atoms with E-state index in [2.05, 4.69) is 20.7 Å². The Balaban J connectivity index is 1.76. The van der Waals surface area contributed by atoms with Crippen LogP contribution >= 0.6 is 0 Å². The number of amides is 3. The van der Waals surface area contributed by atoms with Crippen LogP contribution in [0, 0.1) is 29.4 Å². The number of aliphatic hydroxyl groups is 1. The van der Waals surface area contributed by atoms with Crippen molar-refractivity contribution in [3.63, 3.8) is 0 Å². The van der Waals surface area contributed by atoms with E-state index in [0.717, 1.165) is 19.2 Å². The van der Waals surface area contributed by atoms with Gasteiger partial charge in [0.1, 0.15) is 17.7 Å². The number of carboxylic acids is 2. The van der Waals surface area contributed by atoms with Crippen LogP contribution in [0.15, 0.2) is 42.5 Å². The van der Waals surface area contributed by atoms with E-state index in [1.807, 2.05) is 0 Å². The predicted molar refractivity (Wildman–Crippen MR) is 165 cm³/mol. The maximum Gasteiger partial charge on any atom is 0.337 e. The molecule has 0 radical (unpaired) electrons. The van der Waals surface area contributed by atoms with Crippen molar-refractivity contribution in [2.75, 3.05) is 7.11 Å². The number of aliphatic hydroxyl groups excluding tert-OH is 1. The molecule has 1 fully saturated rings. The number of benzene rings is 2. The molecular formula is C33H39F2N3O10. The lowest BCUT2D eigenvalue weighted by atomic mass is 9.78. The zero-order valence-electron chi connectivity index (χ0n) is 26.6. The highest BCUT2D eigenvalue weighted by atomic mass is 19.1. The van der Waals surface area contributed by atoms with Gasteiger partial charge in [0.25, 0.3) is 5.91 Å². The van der Waals surface area contributed by atoms with E-state index in [-0.39, 0.29) is 42.4 Å². The molecule has 1 aliphatic rings. The normalized spacial score (nSPS) is 19.4. The highest BCUT2D eigenvalue weighted by Gasteiger charge is 2.38. The van der Waals surface area contributed by atoms with E-state index in [1.165, 1.54) is 24.3 Å². The maximum atomic E-state index is 14.0. The van der Waals surface area contributed by atoms with Crippen LogP contribution in [-0.2, 0) is 30.3 Å². The first-order chi connectivity index (χ1) is 22.6. The van der Waals surface area contributed by atoms with Crippen LogP contribution in [0.25, 0.3) is 0 Å². The van der Waals surface area contributed by atoms with Crippen molar-refractivity contribution in [1.29, 1.82) is 0 Å². The number of methoxy groups -OCH3 is 1. The predicted octanol–water partition coefficient (Wildman–Crippen LogP) is 2.05. The van der Waals surface area contributed by atoms with Crippen molar-refractivity contribution >= 4 is 35.6 Å². The molecule has 2 unspecified atom stereocenters. The summed E-state index contributed by atoms with van der Waals surface area (Å²) in [5.41, 5.74) is 0.128. The Morgan fingerprint density at radius 1 is 0.875 bits per heavy atom. The number of hydrogen-bond acceptors (Lipinski definition) is 8. The lowest BCUT2D eigenvalue weighted by Gasteiger charge is -2.33. The van der Waals surface area contributed by atoms with Crippen LogP contribution in [0.2, 0.25) is 0 Å². The SMILES string of the molecule is COC(=O)c1cccc(C(=O)N[C@@H](Cc2cc(F)cc(F)c2)[C@@H](O)CC(=O)N[C@H](C(=O)NC2CC(C(=O)O)CC(C(=O)O)C2)C(C)C)c1. The Morgan fingerprint density at radius 3 is 2.00 bits per heavy atom. The van der Waals surface area contributed by atoms with Gasteiger partial charge in [-0.1, -0.05) is 19.9 Å². The van der Waals surface area contributed by atoms with Gasteiger partial charge in [-0.15, -0.1) is 0 Å². The van der Waals surface area contributed by atoms with Crippen LogP contribution in [0.3, 0.4) is 0 Å². The smallest absolute Gasteiger partial charge is 0.337 e. The number of halogens is 2. The Hall–Kier alpha value is -4.92. The van der Waals surface area contributed by atoms with Crippen molar-refractivity contribution in [3.05, 3.63) is 70.8 Å². The molecule has 1 aliphatic carbocycles. The molecule has 0 aromatic heterocycles. The summed E-state index contributed by atoms with van der Waals surface area (Å²) < 4.78 is 32.6. The van der Waals surface area contributed by atoms with E-state index in [9.17, 15) is 52.9 Å². The first-order valence-corrected chi connectivity index (χ1v) is 15.3. The fourth-order valence-electron chi connectivity index (χ4n) is 5.65. The number of carbonyl (C=O) groups excluding carboxylic acids is 4. The second-order valence-electron chi connectivity index (χ2n) is 12.2. The monoisotopic (exact) mass is 675 g/mol. The summed E-state index contributed by atoms with van der Waals surface area (Å²) in [7, 11) is 1.16. The molecule has 5 atom stereocenters. The first-order valence-electron chi connectivity index (χ1n) is 15.3. The first kappa shape index (κ1) is 37.5. The second kappa shape index (κ2) is 16.8. The molecular weight excluding hydrogens is 636 g/mol. The molecule has 13 nitrogen and oxygen atoms in total. The van der Waals surface area contributed by atoms with E-state index in [0.29, 0.717) is 6.07 Å². The number of nitrogens with one attached hydrogen (secondary N) is 3. The minimum Gasteiger partial charge on any atom is -0.481 e. The van der Waals surface area contributed by atoms with Crippen LogP contribution in [0.4, 0.5) is 8.78 Å². The van der Waals surface area contributed by atoms with E-state index < -0.39 is 95.7 Å². The van der Waals surface area contributed by atoms with Crippen LogP contribution in [0.1, 0.15) is 65.8 Å². The van der Waals surface area contributed by atoms with Crippen molar-refractivity contribution in [2.24, 2.45) is 17.8 Å². The van der Waals surface area contributed by atoms with Crippen molar-refractivity contribution in [2.45, 2.75) is 70.2 Å². The zero-order chi connectivity index (χ0) is 35.7. The van der Waals surface area contributed by atoms with Gasteiger partial charge >= 0.3 is 17.9 Å². The van der Waals surface area contributed by atoms with Crippen molar-refractivity contribution < 1.29 is 57.6 Å². The summed E-state index contributed by atoms with van der Waals surface area (Å²) >= 11 is 0. The van der Waals surface area contributed by atoms with Gasteiger partial charge in [-0.3, -0.25) is 24.0 Å². The van der Waals surface area contributed by atoms with Crippen molar-refractivity contribution in [1.82, 2.24) is 16.0 Å². The van der Waals surface area contributed by atoms with E-state index in [1.54, 1.807) is 13.8 Å². The third-order valence-electron chi connectivity index (χ3n) is 8.12. The molecule has 48 heavy (non-hydrogen) atoms. The van der Waals surface area contributed by atoms with Gasteiger partial charge < -0.3 is 36.0 Å². The molecule has 0 bridgehead atoms. The molecule has 3 rings (SSSR count). The fourth-order valence-corrected chi connectivity index (χ4v) is 5.65. The molecule has 260 valence electrons. The summed E-state index contributed by atoms with van der Waals surface area (Å²) in [4.78, 5) is 74.6. The maximum absolute atomic E-state index is 14.0. The van der Waals surface area contributed by atoms with Gasteiger partial charge in [-0.2, -0.15) is 0 Å². The minimum atomic E-state index is -1.63. The van der Waals surface area contributed by atoms with Gasteiger partial charge in [0.05, 0.1) is 43.1 Å². The zero-order valence-corrected chi connectivity index (χ0v) is 26.6. The highest BCUT2D eigenvalue weighted by Crippen LogP contribution is 2.30. The van der Waals surface area contributed by atoms with E-state index >= 15 is 0 Å². The minimum absolute atomic E-state index is 0.000459. The van der Waals surface area contributed by atoms with Crippen LogP contribution < -0.4 is 16.0 Å². The molecule has 0 spiro atoms. The van der Waals surface area contributed by atoms with Gasteiger partial charge in [-0.05, 0) is 67.5 Å². The molecule has 0 saturated heterocycles. The fraction of sp³-hybridized carbons (Fsp3) is 0.455. The summed E-state index contributed by atoms with van der Waals surface area (Å²) in [5.74, 6) is -9.58. The van der Waals surface area contributed by atoms with Gasteiger partial charge in [0.15, 0.2) is 0 Å². The number of aliphatic carboxylic acids is 2. The quantitative estimate of drug-likeness (QED) is 0.161. The average Bonchev–Trinajstić information content (AvgIpc) is 3.01. The molecule has 6 N–H and O–H groups in total. The molecule has 1 saturated carbocycles. The Labute approximate surface area is 275 Å². The number of hydrogen-bond donors (Lipinski definition) is 6. The van der Waals surface area contributed by atoms with Crippen molar-refractivity contribution in [3.8, 4) is 0 Å². The van der Waals surface area contributed by atoms with Gasteiger partial charge in [0, 0.05) is 17.7 Å². The Kier molecular flexibility index (Phi) is 13.1. The lowest BCUT2D eigenvalue weighted by Crippen LogP contribution is -2.55. The molecule has 3 amide bonds. The Morgan fingerprint density at radius 2 is 1.46 bits per heavy atom. The molecule has 2 aromatic carbocycles. The highest BCUT2D eigenvalue weighted by molar-refractivity contribution is 5.98. The largest absolute Gasteiger partial charge is 0.481 e. The van der Waals surface area contributed by atoms with E-state index in [4.69, 9.17) is 0 Å². The molecule has 0 aliphatic heterocycles. The summed E-state index contributed by atoms with van der Waals surface area (Å²) in [6, 6.07) is 4.90. The average molecular weight is 676 g/mol.